The Morgan fingerprint density at radius 2 is 1.42 bits per heavy atom. The molecule has 0 aliphatic heterocycles. The monoisotopic (exact) mass is 331 g/mol. The molecule has 2 aliphatic rings. The Labute approximate surface area is 151 Å². The largest absolute Gasteiger partial charge is 0.198 e. The molecule has 2 rings (SSSR count). The number of nitrogens with zero attached hydrogens (tertiary/aromatic N) is 1. The van der Waals surface area contributed by atoms with Crippen molar-refractivity contribution in [3.8, 4) is 6.07 Å². The van der Waals surface area contributed by atoms with Gasteiger partial charge in [0.25, 0.3) is 0 Å². The van der Waals surface area contributed by atoms with E-state index in [2.05, 4.69) is 19.9 Å². The molecule has 138 valence electrons. The lowest BCUT2D eigenvalue weighted by Crippen LogP contribution is -2.31. The van der Waals surface area contributed by atoms with Crippen LogP contribution in [0.25, 0.3) is 0 Å². The summed E-state index contributed by atoms with van der Waals surface area (Å²) in [6.07, 6.45) is 21.9. The van der Waals surface area contributed by atoms with Gasteiger partial charge in [0.05, 0.1) is 11.5 Å². The fraction of sp³-hybridized carbons (Fsp3) is 0.957. The summed E-state index contributed by atoms with van der Waals surface area (Å²) in [4.78, 5) is 0. The third kappa shape index (κ3) is 5.79. The Morgan fingerprint density at radius 3 is 2.00 bits per heavy atom. The van der Waals surface area contributed by atoms with Crippen molar-refractivity contribution in [2.24, 2.45) is 23.2 Å². The lowest BCUT2D eigenvalue weighted by molar-refractivity contribution is 0.115. The van der Waals surface area contributed by atoms with Crippen LogP contribution in [-0.4, -0.2) is 0 Å². The SMILES string of the molecule is CCCCCCCC1CCC(C2CCC(C#N)(CCC)CC2)CC1. The standard InChI is InChI=1S/C23H41N/c1-3-5-6-7-8-9-20-10-12-21(13-11-20)22-14-17-23(19-24,16-4-2)18-15-22/h20-22H,3-18H2,1-2H3. The van der Waals surface area contributed by atoms with E-state index in [0.717, 1.165) is 24.2 Å². The second kappa shape index (κ2) is 10.5. The molecule has 1 heteroatoms. The lowest BCUT2D eigenvalue weighted by Gasteiger charge is -2.40. The first kappa shape index (κ1) is 19.8. The number of nitriles is 1. The molecular weight excluding hydrogens is 290 g/mol. The highest BCUT2D eigenvalue weighted by Gasteiger charge is 2.37. The van der Waals surface area contributed by atoms with Crippen molar-refractivity contribution in [2.75, 3.05) is 0 Å². The summed E-state index contributed by atoms with van der Waals surface area (Å²) in [5, 5.41) is 9.59. The van der Waals surface area contributed by atoms with Gasteiger partial charge < -0.3 is 0 Å². The molecule has 0 aromatic heterocycles. The minimum absolute atomic E-state index is 0.0426. The molecule has 2 saturated carbocycles. The average Bonchev–Trinajstić information content (AvgIpc) is 2.63. The molecule has 0 bridgehead atoms. The third-order valence-corrected chi connectivity index (χ3v) is 7.23. The first-order valence-corrected chi connectivity index (χ1v) is 11.1. The van der Waals surface area contributed by atoms with Crippen molar-refractivity contribution in [3.63, 3.8) is 0 Å². The maximum Gasteiger partial charge on any atom is 0.0689 e. The second-order valence-electron chi connectivity index (χ2n) is 8.96. The van der Waals surface area contributed by atoms with Crippen molar-refractivity contribution >= 4 is 0 Å². The number of rotatable bonds is 9. The first-order valence-electron chi connectivity index (χ1n) is 11.1. The summed E-state index contributed by atoms with van der Waals surface area (Å²) in [5.41, 5.74) is 0.0426. The van der Waals surface area contributed by atoms with Gasteiger partial charge in [0.15, 0.2) is 0 Å². The van der Waals surface area contributed by atoms with Gasteiger partial charge in [0.1, 0.15) is 0 Å². The van der Waals surface area contributed by atoms with E-state index in [1.807, 2.05) is 0 Å². The molecule has 2 aliphatic carbocycles. The molecule has 0 aromatic rings. The van der Waals surface area contributed by atoms with Gasteiger partial charge in [-0.25, -0.2) is 0 Å². The van der Waals surface area contributed by atoms with Gasteiger partial charge in [-0.1, -0.05) is 71.6 Å². The number of hydrogen-bond donors (Lipinski definition) is 0. The van der Waals surface area contributed by atoms with Crippen LogP contribution in [0.1, 0.15) is 117 Å². The van der Waals surface area contributed by atoms with Crippen molar-refractivity contribution in [1.29, 1.82) is 5.26 Å². The highest BCUT2D eigenvalue weighted by atomic mass is 14.4. The second-order valence-corrected chi connectivity index (χ2v) is 8.96. The van der Waals surface area contributed by atoms with E-state index in [0.29, 0.717) is 0 Å². The summed E-state index contributed by atoms with van der Waals surface area (Å²) < 4.78 is 0. The molecule has 0 radical (unpaired) electrons. The van der Waals surface area contributed by atoms with Gasteiger partial charge in [0, 0.05) is 0 Å². The molecule has 0 heterocycles. The highest BCUT2D eigenvalue weighted by Crippen LogP contribution is 2.47. The molecule has 0 spiro atoms. The smallest absolute Gasteiger partial charge is 0.0689 e. The van der Waals surface area contributed by atoms with E-state index >= 15 is 0 Å². The summed E-state index contributed by atoms with van der Waals surface area (Å²) >= 11 is 0. The molecule has 0 amide bonds. The van der Waals surface area contributed by atoms with Crippen LogP contribution in [0, 0.1) is 34.5 Å². The van der Waals surface area contributed by atoms with E-state index in [4.69, 9.17) is 0 Å². The van der Waals surface area contributed by atoms with E-state index < -0.39 is 0 Å². The quantitative estimate of drug-likeness (QED) is 0.398. The minimum Gasteiger partial charge on any atom is -0.198 e. The van der Waals surface area contributed by atoms with Crippen molar-refractivity contribution in [3.05, 3.63) is 0 Å². The molecule has 0 N–H and O–H groups in total. The molecule has 1 nitrogen and oxygen atoms in total. The molecule has 0 saturated heterocycles. The van der Waals surface area contributed by atoms with Gasteiger partial charge in [-0.2, -0.15) is 5.26 Å². The Balaban J connectivity index is 1.64. The number of hydrogen-bond acceptors (Lipinski definition) is 1. The predicted octanol–water partition coefficient (Wildman–Crippen LogP) is 7.65. The van der Waals surface area contributed by atoms with Gasteiger partial charge in [-0.15, -0.1) is 0 Å². The first-order chi connectivity index (χ1) is 11.7. The topological polar surface area (TPSA) is 23.8 Å². The fourth-order valence-electron chi connectivity index (χ4n) is 5.55. The van der Waals surface area contributed by atoms with Crippen LogP contribution < -0.4 is 0 Å². The van der Waals surface area contributed by atoms with Gasteiger partial charge in [0.2, 0.25) is 0 Å². The molecule has 0 unspecified atom stereocenters. The van der Waals surface area contributed by atoms with E-state index in [1.165, 1.54) is 96.3 Å². The van der Waals surface area contributed by atoms with E-state index in [-0.39, 0.29) is 5.41 Å². The van der Waals surface area contributed by atoms with Crippen molar-refractivity contribution in [1.82, 2.24) is 0 Å². The maximum absolute atomic E-state index is 9.59. The molecule has 0 atom stereocenters. The Hall–Kier alpha value is -0.510. The third-order valence-electron chi connectivity index (χ3n) is 7.23. The molecule has 2 fully saturated rings. The zero-order chi connectivity index (χ0) is 17.3. The van der Waals surface area contributed by atoms with Crippen LogP contribution in [0.5, 0.6) is 0 Å². The predicted molar refractivity (Wildman–Crippen MR) is 104 cm³/mol. The fourth-order valence-corrected chi connectivity index (χ4v) is 5.55. The average molecular weight is 332 g/mol. The number of unbranched alkanes of at least 4 members (excludes halogenated alkanes) is 4. The maximum atomic E-state index is 9.59. The van der Waals surface area contributed by atoms with Crippen LogP contribution >= 0.6 is 0 Å². The van der Waals surface area contributed by atoms with Crippen LogP contribution in [-0.2, 0) is 0 Å². The van der Waals surface area contributed by atoms with Gasteiger partial charge in [-0.05, 0) is 62.7 Å². The normalized spacial score (nSPS) is 34.0. The zero-order valence-corrected chi connectivity index (χ0v) is 16.5. The van der Waals surface area contributed by atoms with Crippen LogP contribution in [0.2, 0.25) is 0 Å². The van der Waals surface area contributed by atoms with Crippen LogP contribution in [0.4, 0.5) is 0 Å². The summed E-state index contributed by atoms with van der Waals surface area (Å²) in [6.45, 7) is 4.53. The highest BCUT2D eigenvalue weighted by molar-refractivity contribution is 5.02. The van der Waals surface area contributed by atoms with Crippen molar-refractivity contribution < 1.29 is 0 Å². The Morgan fingerprint density at radius 1 is 0.792 bits per heavy atom. The zero-order valence-electron chi connectivity index (χ0n) is 16.5. The minimum atomic E-state index is 0.0426. The van der Waals surface area contributed by atoms with Crippen LogP contribution in [0.15, 0.2) is 0 Å². The summed E-state index contributed by atoms with van der Waals surface area (Å²) in [5.74, 6) is 2.96. The Kier molecular flexibility index (Phi) is 8.65. The summed E-state index contributed by atoms with van der Waals surface area (Å²) in [7, 11) is 0. The van der Waals surface area contributed by atoms with Crippen LogP contribution in [0.3, 0.4) is 0 Å². The molecular formula is C23H41N. The molecule has 0 aromatic carbocycles. The van der Waals surface area contributed by atoms with E-state index in [9.17, 15) is 5.26 Å². The Bertz CT molecular complexity index is 364. The van der Waals surface area contributed by atoms with Gasteiger partial charge >= 0.3 is 0 Å². The van der Waals surface area contributed by atoms with E-state index in [1.54, 1.807) is 0 Å². The van der Waals surface area contributed by atoms with Crippen molar-refractivity contribution in [2.45, 2.75) is 117 Å². The lowest BCUT2D eigenvalue weighted by atomic mass is 9.63. The summed E-state index contributed by atoms with van der Waals surface area (Å²) in [6, 6.07) is 2.69. The van der Waals surface area contributed by atoms with Gasteiger partial charge in [-0.3, -0.25) is 0 Å². The molecule has 24 heavy (non-hydrogen) atoms.